The van der Waals surface area contributed by atoms with E-state index in [0.29, 0.717) is 6.54 Å². The first-order chi connectivity index (χ1) is 10.6. The van der Waals surface area contributed by atoms with E-state index in [4.69, 9.17) is 0 Å². The van der Waals surface area contributed by atoms with Crippen molar-refractivity contribution < 1.29 is 4.79 Å². The monoisotopic (exact) mass is 319 g/mol. The van der Waals surface area contributed by atoms with Crippen LogP contribution >= 0.6 is 0 Å². The molecule has 1 rings (SSSR count). The lowest BCUT2D eigenvalue weighted by atomic mass is 9.96. The van der Waals surface area contributed by atoms with Gasteiger partial charge in [-0.3, -0.25) is 0 Å². The largest absolute Gasteiger partial charge is 0.336 e. The van der Waals surface area contributed by atoms with Crippen molar-refractivity contribution in [2.24, 2.45) is 5.41 Å². The second kappa shape index (κ2) is 8.34. The van der Waals surface area contributed by atoms with Crippen molar-refractivity contribution in [3.05, 3.63) is 35.4 Å². The minimum Gasteiger partial charge on any atom is -0.336 e. The van der Waals surface area contributed by atoms with Gasteiger partial charge in [0.1, 0.15) is 0 Å². The molecular weight excluding hydrogens is 286 g/mol. The van der Waals surface area contributed by atoms with Gasteiger partial charge in [-0.2, -0.15) is 0 Å². The molecule has 130 valence electrons. The number of carbonyl (C=O) groups excluding carboxylic acids is 1. The molecule has 0 fully saturated rings. The molecule has 23 heavy (non-hydrogen) atoms. The molecule has 1 aromatic rings. The second-order valence-electron chi connectivity index (χ2n) is 7.68. The fraction of sp³-hybridized carbons (Fsp3) is 0.632. The molecule has 1 atom stereocenters. The summed E-state index contributed by atoms with van der Waals surface area (Å²) in [4.78, 5) is 16.2. The molecule has 4 heteroatoms. The van der Waals surface area contributed by atoms with Crippen LogP contribution in [-0.4, -0.2) is 50.1 Å². The highest BCUT2D eigenvalue weighted by Gasteiger charge is 2.20. The average Bonchev–Trinajstić information content (AvgIpc) is 2.45. The number of rotatable bonds is 6. The minimum absolute atomic E-state index is 0.0167. The molecule has 0 saturated heterocycles. The number of benzene rings is 1. The molecule has 1 aromatic carbocycles. The molecule has 0 aliphatic heterocycles. The van der Waals surface area contributed by atoms with Gasteiger partial charge in [0.05, 0.1) is 6.04 Å². The van der Waals surface area contributed by atoms with E-state index in [9.17, 15) is 4.79 Å². The van der Waals surface area contributed by atoms with Crippen molar-refractivity contribution >= 4 is 6.03 Å². The third-order valence-corrected chi connectivity index (χ3v) is 3.90. The highest BCUT2D eigenvalue weighted by atomic mass is 16.2. The number of nitrogens with one attached hydrogen (secondary N) is 1. The van der Waals surface area contributed by atoms with Crippen LogP contribution in [0.1, 0.15) is 44.9 Å². The maximum atomic E-state index is 12.3. The van der Waals surface area contributed by atoms with Gasteiger partial charge >= 0.3 is 6.03 Å². The Morgan fingerprint density at radius 1 is 1.13 bits per heavy atom. The van der Waals surface area contributed by atoms with Gasteiger partial charge in [0.25, 0.3) is 0 Å². The maximum Gasteiger partial charge on any atom is 0.317 e. The molecule has 4 nitrogen and oxygen atoms in total. The number of urea groups is 1. The molecule has 0 radical (unpaired) electrons. The number of aryl methyl sites for hydroxylation is 1. The zero-order chi connectivity index (χ0) is 17.6. The Morgan fingerprint density at radius 3 is 2.13 bits per heavy atom. The van der Waals surface area contributed by atoms with Crippen LogP contribution in [0, 0.1) is 5.41 Å². The number of carbonyl (C=O) groups is 1. The quantitative estimate of drug-likeness (QED) is 0.870. The molecule has 1 N–H and O–H groups in total. The van der Waals surface area contributed by atoms with Gasteiger partial charge in [0.2, 0.25) is 0 Å². The summed E-state index contributed by atoms with van der Waals surface area (Å²) in [6.45, 7) is 9.89. The predicted octanol–water partition coefficient (Wildman–Crippen LogP) is 3.54. The molecule has 2 amide bonds. The van der Waals surface area contributed by atoms with Crippen LogP contribution in [0.4, 0.5) is 4.79 Å². The Labute approximate surface area is 141 Å². The minimum atomic E-state index is -0.0167. The summed E-state index contributed by atoms with van der Waals surface area (Å²) in [6.07, 6.45) is 1.04. The summed E-state index contributed by atoms with van der Waals surface area (Å²) < 4.78 is 0. The van der Waals surface area contributed by atoms with Crippen molar-refractivity contribution in [2.45, 2.75) is 40.2 Å². The first-order valence-corrected chi connectivity index (χ1v) is 8.38. The van der Waals surface area contributed by atoms with Crippen LogP contribution < -0.4 is 5.32 Å². The number of amides is 2. The van der Waals surface area contributed by atoms with E-state index in [-0.39, 0.29) is 17.5 Å². The van der Waals surface area contributed by atoms with Gasteiger partial charge in [-0.1, -0.05) is 52.0 Å². The number of nitrogens with zero attached hydrogens (tertiary/aromatic N) is 2. The standard InChI is InChI=1S/C19H33N3O/c1-8-15-9-11-16(12-10-15)17(21(5)6)13-20-18(23)22(7)14-19(2,3)4/h9-12,17H,8,13-14H2,1-7H3,(H,20,23). The predicted molar refractivity (Wildman–Crippen MR) is 97.7 cm³/mol. The van der Waals surface area contributed by atoms with E-state index in [1.807, 2.05) is 21.1 Å². The topological polar surface area (TPSA) is 35.6 Å². The molecule has 0 spiro atoms. The Bertz CT molecular complexity index is 488. The maximum absolute atomic E-state index is 12.3. The smallest absolute Gasteiger partial charge is 0.317 e. The van der Waals surface area contributed by atoms with Crippen LogP contribution in [-0.2, 0) is 6.42 Å². The van der Waals surface area contributed by atoms with E-state index >= 15 is 0 Å². The van der Waals surface area contributed by atoms with Crippen LogP contribution in [0.3, 0.4) is 0 Å². The molecule has 0 aromatic heterocycles. The van der Waals surface area contributed by atoms with E-state index in [2.05, 4.69) is 62.2 Å². The van der Waals surface area contributed by atoms with Gasteiger partial charge in [0.15, 0.2) is 0 Å². The third kappa shape index (κ3) is 6.61. The molecule has 0 aliphatic carbocycles. The average molecular weight is 319 g/mol. The Morgan fingerprint density at radius 2 is 1.70 bits per heavy atom. The summed E-state index contributed by atoms with van der Waals surface area (Å²) in [5.74, 6) is 0. The number of likely N-dealkylation sites (N-methyl/N-ethyl adjacent to an activating group) is 1. The summed E-state index contributed by atoms with van der Waals surface area (Å²) in [6, 6.07) is 8.81. The SMILES string of the molecule is CCc1ccc(C(CNC(=O)N(C)CC(C)(C)C)N(C)C)cc1. The summed E-state index contributed by atoms with van der Waals surface area (Å²) in [5, 5.41) is 3.06. The number of hydrogen-bond donors (Lipinski definition) is 1. The molecule has 0 bridgehead atoms. The fourth-order valence-corrected chi connectivity index (χ4v) is 2.68. The molecule has 0 heterocycles. The van der Waals surface area contributed by atoms with Gasteiger partial charge < -0.3 is 15.1 Å². The van der Waals surface area contributed by atoms with E-state index in [1.54, 1.807) is 4.90 Å². The zero-order valence-electron chi connectivity index (χ0n) is 15.8. The molecular formula is C19H33N3O. The zero-order valence-corrected chi connectivity index (χ0v) is 15.8. The Balaban J connectivity index is 2.67. The highest BCUT2D eigenvalue weighted by molar-refractivity contribution is 5.73. The van der Waals surface area contributed by atoms with E-state index in [1.165, 1.54) is 11.1 Å². The summed E-state index contributed by atoms with van der Waals surface area (Å²) in [5.41, 5.74) is 2.66. The van der Waals surface area contributed by atoms with Crippen molar-refractivity contribution in [3.8, 4) is 0 Å². The van der Waals surface area contributed by atoms with Crippen molar-refractivity contribution in [1.29, 1.82) is 0 Å². The van der Waals surface area contributed by atoms with Crippen molar-refractivity contribution in [3.63, 3.8) is 0 Å². The van der Waals surface area contributed by atoms with Gasteiger partial charge in [0, 0.05) is 20.1 Å². The normalized spacial score (nSPS) is 13.0. The fourth-order valence-electron chi connectivity index (χ4n) is 2.68. The lowest BCUT2D eigenvalue weighted by molar-refractivity contribution is 0.183. The highest BCUT2D eigenvalue weighted by Crippen LogP contribution is 2.19. The summed E-state index contributed by atoms with van der Waals surface area (Å²) >= 11 is 0. The van der Waals surface area contributed by atoms with E-state index in [0.717, 1.165) is 13.0 Å². The van der Waals surface area contributed by atoms with Gasteiger partial charge in [-0.25, -0.2) is 4.79 Å². The first kappa shape index (κ1) is 19.5. The Hall–Kier alpha value is -1.55. The number of hydrogen-bond acceptors (Lipinski definition) is 2. The molecule has 1 unspecified atom stereocenters. The summed E-state index contributed by atoms with van der Waals surface area (Å²) in [7, 11) is 5.94. The molecule has 0 saturated carbocycles. The van der Waals surface area contributed by atoms with Gasteiger partial charge in [-0.05, 0) is 37.1 Å². The second-order valence-corrected chi connectivity index (χ2v) is 7.68. The van der Waals surface area contributed by atoms with Crippen LogP contribution in [0.5, 0.6) is 0 Å². The first-order valence-electron chi connectivity index (χ1n) is 8.38. The molecule has 0 aliphatic rings. The lowest BCUT2D eigenvalue weighted by Crippen LogP contribution is -2.44. The van der Waals surface area contributed by atoms with Crippen LogP contribution in [0.25, 0.3) is 0 Å². The van der Waals surface area contributed by atoms with Crippen molar-refractivity contribution in [1.82, 2.24) is 15.1 Å². The Kier molecular flexibility index (Phi) is 7.07. The van der Waals surface area contributed by atoms with Crippen LogP contribution in [0.2, 0.25) is 0 Å². The van der Waals surface area contributed by atoms with Crippen molar-refractivity contribution in [2.75, 3.05) is 34.2 Å². The van der Waals surface area contributed by atoms with E-state index < -0.39 is 0 Å². The third-order valence-electron chi connectivity index (χ3n) is 3.90. The lowest BCUT2D eigenvalue weighted by Gasteiger charge is -2.29. The van der Waals surface area contributed by atoms with Crippen LogP contribution in [0.15, 0.2) is 24.3 Å². The van der Waals surface area contributed by atoms with Gasteiger partial charge in [-0.15, -0.1) is 0 Å².